The maximum atomic E-state index is 10.8. The van der Waals surface area contributed by atoms with Gasteiger partial charge in [-0.2, -0.15) is 4.98 Å². The van der Waals surface area contributed by atoms with Crippen molar-refractivity contribution in [2.24, 2.45) is 0 Å². The molecule has 0 unspecified atom stereocenters. The second-order valence-electron chi connectivity index (χ2n) is 3.90. The van der Waals surface area contributed by atoms with Crippen molar-refractivity contribution < 1.29 is 13.2 Å². The maximum Gasteiger partial charge on any atom is 0.298 e. The molecule has 0 saturated carbocycles. The second kappa shape index (κ2) is 4.07. The van der Waals surface area contributed by atoms with Crippen LogP contribution in [0.2, 0.25) is 0 Å². The summed E-state index contributed by atoms with van der Waals surface area (Å²) in [6, 6.07) is 0. The molecule has 15 heavy (non-hydrogen) atoms. The number of hydrogen-bond acceptors (Lipinski definition) is 5. The van der Waals surface area contributed by atoms with Crippen molar-refractivity contribution in [3.8, 4) is 0 Å². The van der Waals surface area contributed by atoms with Crippen LogP contribution in [0.3, 0.4) is 0 Å². The van der Waals surface area contributed by atoms with Crippen molar-refractivity contribution >= 4 is 19.7 Å². The van der Waals surface area contributed by atoms with Gasteiger partial charge in [0.1, 0.15) is 6.61 Å². The summed E-state index contributed by atoms with van der Waals surface area (Å²) in [4.78, 5) is 3.67. The quantitative estimate of drug-likeness (QED) is 0.814. The molecule has 0 aromatic carbocycles. The van der Waals surface area contributed by atoms with Gasteiger partial charge in [0.2, 0.25) is 0 Å². The number of aromatic amines is 1. The van der Waals surface area contributed by atoms with Crippen LogP contribution in [0.15, 0.2) is 5.16 Å². The molecule has 6 nitrogen and oxygen atoms in total. The molecule has 86 valence electrons. The third kappa shape index (κ3) is 4.15. The van der Waals surface area contributed by atoms with E-state index in [1.165, 1.54) is 0 Å². The van der Waals surface area contributed by atoms with E-state index in [1.54, 1.807) is 0 Å². The zero-order valence-electron chi connectivity index (χ0n) is 8.61. The van der Waals surface area contributed by atoms with E-state index in [0.717, 1.165) is 0 Å². The Morgan fingerprint density at radius 3 is 2.47 bits per heavy atom. The number of ether oxygens (including phenoxy) is 1. The van der Waals surface area contributed by atoms with E-state index in [0.29, 0.717) is 5.82 Å². The van der Waals surface area contributed by atoms with E-state index < -0.39 is 14.2 Å². The zero-order chi connectivity index (χ0) is 11.7. The maximum absolute atomic E-state index is 10.8. The first-order valence-electron chi connectivity index (χ1n) is 4.18. The van der Waals surface area contributed by atoms with E-state index >= 15 is 0 Å². The van der Waals surface area contributed by atoms with Crippen LogP contribution in [0.4, 0.5) is 0 Å². The molecule has 1 heterocycles. The molecular formula is C7H12ClN3O3S. The highest BCUT2D eigenvalue weighted by Crippen LogP contribution is 2.12. The minimum Gasteiger partial charge on any atom is -0.368 e. The molecule has 0 radical (unpaired) electrons. The number of rotatable bonds is 3. The van der Waals surface area contributed by atoms with Gasteiger partial charge in [-0.3, -0.25) is 5.10 Å². The van der Waals surface area contributed by atoms with Gasteiger partial charge in [-0.25, -0.2) is 8.42 Å². The summed E-state index contributed by atoms with van der Waals surface area (Å²) in [6.45, 7) is 5.79. The van der Waals surface area contributed by atoms with Crippen molar-refractivity contribution in [1.82, 2.24) is 15.2 Å². The Labute approximate surface area is 92.4 Å². The fourth-order valence-electron chi connectivity index (χ4n) is 0.736. The smallest absolute Gasteiger partial charge is 0.298 e. The third-order valence-corrected chi connectivity index (χ3v) is 2.40. The molecule has 1 N–H and O–H groups in total. The van der Waals surface area contributed by atoms with Crippen LogP contribution < -0.4 is 0 Å². The van der Waals surface area contributed by atoms with E-state index in [4.69, 9.17) is 15.4 Å². The minimum atomic E-state index is -3.87. The molecule has 0 aliphatic heterocycles. The van der Waals surface area contributed by atoms with Gasteiger partial charge < -0.3 is 4.74 Å². The van der Waals surface area contributed by atoms with Gasteiger partial charge in [0.05, 0.1) is 5.60 Å². The van der Waals surface area contributed by atoms with Crippen molar-refractivity contribution in [3.05, 3.63) is 5.82 Å². The van der Waals surface area contributed by atoms with Gasteiger partial charge in [-0.05, 0) is 20.8 Å². The van der Waals surface area contributed by atoms with Gasteiger partial charge in [-0.15, -0.1) is 5.10 Å². The van der Waals surface area contributed by atoms with Crippen molar-refractivity contribution in [2.75, 3.05) is 0 Å². The van der Waals surface area contributed by atoms with E-state index in [1.807, 2.05) is 20.8 Å². The molecule has 1 aromatic rings. The summed E-state index contributed by atoms with van der Waals surface area (Å²) in [5.74, 6) is 0.323. The van der Waals surface area contributed by atoms with E-state index in [9.17, 15) is 8.42 Å². The molecule has 0 fully saturated rings. The monoisotopic (exact) mass is 253 g/mol. The topological polar surface area (TPSA) is 84.9 Å². The highest BCUT2D eigenvalue weighted by atomic mass is 35.7. The summed E-state index contributed by atoms with van der Waals surface area (Å²) in [6.07, 6.45) is 0. The van der Waals surface area contributed by atoms with Gasteiger partial charge in [0.15, 0.2) is 5.82 Å². The highest BCUT2D eigenvalue weighted by Gasteiger charge is 2.18. The Kier molecular flexibility index (Phi) is 3.37. The minimum absolute atomic E-state index is 0.156. The summed E-state index contributed by atoms with van der Waals surface area (Å²) >= 11 is 0. The fraction of sp³-hybridized carbons (Fsp3) is 0.714. The van der Waals surface area contributed by atoms with Crippen LogP contribution in [0.1, 0.15) is 26.6 Å². The summed E-state index contributed by atoms with van der Waals surface area (Å²) < 4.78 is 27.0. The van der Waals surface area contributed by atoms with Gasteiger partial charge in [0.25, 0.3) is 14.2 Å². The standard InChI is InChI=1S/C7H12ClN3O3S/c1-7(2,3)14-4-5-9-6(11-10-5)15(8,12)13/h4H2,1-3H3,(H,9,10,11). The molecule has 1 aromatic heterocycles. The molecule has 0 aliphatic rings. The number of halogens is 1. The molecule has 1 rings (SSSR count). The predicted molar refractivity (Wildman–Crippen MR) is 54.0 cm³/mol. The Balaban J connectivity index is 2.70. The summed E-state index contributed by atoms with van der Waals surface area (Å²) in [5, 5.41) is 5.45. The van der Waals surface area contributed by atoms with Crippen LogP contribution in [-0.2, 0) is 20.4 Å². The van der Waals surface area contributed by atoms with Gasteiger partial charge in [-0.1, -0.05) is 0 Å². The lowest BCUT2D eigenvalue weighted by Crippen LogP contribution is -2.19. The van der Waals surface area contributed by atoms with Gasteiger partial charge >= 0.3 is 0 Å². The van der Waals surface area contributed by atoms with Crippen LogP contribution in [0.5, 0.6) is 0 Å². The first-order valence-corrected chi connectivity index (χ1v) is 6.49. The van der Waals surface area contributed by atoms with Crippen LogP contribution >= 0.6 is 10.7 Å². The predicted octanol–water partition coefficient (Wildman–Crippen LogP) is 1.05. The number of aromatic nitrogens is 3. The zero-order valence-corrected chi connectivity index (χ0v) is 10.2. The molecule has 0 amide bonds. The Hall–Kier alpha value is -0.660. The molecule has 0 saturated heterocycles. The molecule has 0 atom stereocenters. The van der Waals surface area contributed by atoms with Gasteiger partial charge in [0, 0.05) is 10.7 Å². The number of hydrogen-bond donors (Lipinski definition) is 1. The Bertz CT molecular complexity index is 435. The molecule has 0 spiro atoms. The first-order chi connectivity index (χ1) is 6.68. The van der Waals surface area contributed by atoms with Crippen LogP contribution in [-0.4, -0.2) is 29.2 Å². The van der Waals surface area contributed by atoms with Crippen molar-refractivity contribution in [2.45, 2.75) is 38.1 Å². The van der Waals surface area contributed by atoms with E-state index in [-0.39, 0.29) is 12.2 Å². The van der Waals surface area contributed by atoms with Crippen LogP contribution in [0.25, 0.3) is 0 Å². The molecule has 0 aliphatic carbocycles. The normalized spacial score (nSPS) is 13.1. The highest BCUT2D eigenvalue weighted by molar-refractivity contribution is 8.13. The first kappa shape index (κ1) is 12.4. The lowest BCUT2D eigenvalue weighted by molar-refractivity contribution is -0.0180. The summed E-state index contributed by atoms with van der Waals surface area (Å²) in [7, 11) is 1.18. The third-order valence-electron chi connectivity index (χ3n) is 1.37. The van der Waals surface area contributed by atoms with E-state index in [2.05, 4.69) is 15.2 Å². The molecule has 0 bridgehead atoms. The molecular weight excluding hydrogens is 242 g/mol. The SMILES string of the molecule is CC(C)(C)OCc1nc(S(=O)(=O)Cl)n[nH]1. The Morgan fingerprint density at radius 1 is 1.47 bits per heavy atom. The second-order valence-corrected chi connectivity index (χ2v) is 6.36. The Morgan fingerprint density at radius 2 is 2.07 bits per heavy atom. The fourth-order valence-corrected chi connectivity index (χ4v) is 1.32. The largest absolute Gasteiger partial charge is 0.368 e. The average Bonchev–Trinajstić information content (AvgIpc) is 2.45. The van der Waals surface area contributed by atoms with Crippen molar-refractivity contribution in [1.29, 1.82) is 0 Å². The van der Waals surface area contributed by atoms with Crippen LogP contribution in [0, 0.1) is 0 Å². The lowest BCUT2D eigenvalue weighted by Gasteiger charge is -2.18. The summed E-state index contributed by atoms with van der Waals surface area (Å²) in [5.41, 5.74) is -0.327. The number of H-pyrrole nitrogens is 1. The number of nitrogens with zero attached hydrogens (tertiary/aromatic N) is 2. The molecule has 8 heteroatoms. The number of nitrogens with one attached hydrogen (secondary N) is 1. The lowest BCUT2D eigenvalue weighted by atomic mass is 10.2. The van der Waals surface area contributed by atoms with Crippen molar-refractivity contribution in [3.63, 3.8) is 0 Å². The average molecular weight is 254 g/mol.